The lowest BCUT2D eigenvalue weighted by Gasteiger charge is -2.14. The van der Waals surface area contributed by atoms with E-state index in [0.717, 1.165) is 6.42 Å². The highest BCUT2D eigenvalue weighted by molar-refractivity contribution is 5.78. The minimum Gasteiger partial charge on any atom is -0.353 e. The summed E-state index contributed by atoms with van der Waals surface area (Å²) in [7, 11) is 0. The molecule has 0 spiro atoms. The second-order valence-electron chi connectivity index (χ2n) is 3.80. The molecule has 2 nitrogen and oxygen atoms in total. The van der Waals surface area contributed by atoms with Crippen LogP contribution in [-0.2, 0) is 4.79 Å². The van der Waals surface area contributed by atoms with Crippen LogP contribution in [0.2, 0.25) is 0 Å². The largest absolute Gasteiger partial charge is 0.353 e. The van der Waals surface area contributed by atoms with Crippen LogP contribution in [0.4, 0.5) is 0 Å². The van der Waals surface area contributed by atoms with E-state index in [0.29, 0.717) is 6.04 Å². The van der Waals surface area contributed by atoms with Crippen LogP contribution < -0.4 is 5.32 Å². The zero-order valence-electron chi connectivity index (χ0n) is 8.10. The van der Waals surface area contributed by atoms with Gasteiger partial charge in [-0.05, 0) is 19.3 Å². The van der Waals surface area contributed by atoms with E-state index in [1.165, 1.54) is 25.7 Å². The first kappa shape index (κ1) is 15.9. The first-order valence-corrected chi connectivity index (χ1v) is 5.04. The first-order valence-electron chi connectivity index (χ1n) is 5.04. The smallest absolute Gasteiger partial charge is 0.223 e. The Morgan fingerprint density at radius 1 is 1.36 bits per heavy atom. The van der Waals surface area contributed by atoms with E-state index >= 15 is 0 Å². The van der Waals surface area contributed by atoms with Gasteiger partial charge in [0, 0.05) is 12.0 Å². The molecular weight excluding hydrogens is 174 g/mol. The number of nitrogens with one attached hydrogen (secondary N) is 1. The summed E-state index contributed by atoms with van der Waals surface area (Å²) in [5, 5.41) is 3.09. The Kier molecular flexibility index (Phi) is 8.91. The van der Waals surface area contributed by atoms with E-state index < -0.39 is 0 Å². The summed E-state index contributed by atoms with van der Waals surface area (Å²) >= 11 is 0. The first-order chi connectivity index (χ1) is 5.74. The fraction of sp³-hybridized carbons (Fsp3) is 0.917. The number of amides is 1. The maximum absolute atomic E-state index is 11.4. The fourth-order valence-electron chi connectivity index (χ4n) is 1.60. The average molecular weight is 201 g/mol. The second-order valence-corrected chi connectivity index (χ2v) is 3.80. The molecule has 0 aromatic heterocycles. The number of hydrogen-bond donors (Lipinski definition) is 1. The van der Waals surface area contributed by atoms with Crippen molar-refractivity contribution in [2.75, 3.05) is 0 Å². The molecular formula is C12H27NO. The highest BCUT2D eigenvalue weighted by Gasteiger charge is 2.19. The lowest BCUT2D eigenvalue weighted by molar-refractivity contribution is -0.125. The molecule has 1 amide bonds. The highest BCUT2D eigenvalue weighted by atomic mass is 16.1. The topological polar surface area (TPSA) is 29.1 Å². The number of rotatable bonds is 3. The fourth-order valence-corrected chi connectivity index (χ4v) is 1.60. The van der Waals surface area contributed by atoms with Crippen LogP contribution in [0.5, 0.6) is 0 Å². The van der Waals surface area contributed by atoms with Gasteiger partial charge >= 0.3 is 0 Å². The van der Waals surface area contributed by atoms with Crippen molar-refractivity contribution in [2.45, 2.75) is 66.8 Å². The summed E-state index contributed by atoms with van der Waals surface area (Å²) in [5.74, 6) is 0.426. The van der Waals surface area contributed by atoms with E-state index in [4.69, 9.17) is 0 Å². The van der Waals surface area contributed by atoms with Crippen molar-refractivity contribution >= 4 is 5.91 Å². The summed E-state index contributed by atoms with van der Waals surface area (Å²) in [6.45, 7) is 4.04. The van der Waals surface area contributed by atoms with Gasteiger partial charge in [0.05, 0.1) is 0 Å². The Balaban J connectivity index is 0. The zero-order chi connectivity index (χ0) is 8.97. The number of hydrogen-bond acceptors (Lipinski definition) is 1. The van der Waals surface area contributed by atoms with Gasteiger partial charge in [-0.3, -0.25) is 4.79 Å². The molecule has 0 radical (unpaired) electrons. The Morgan fingerprint density at radius 2 is 1.86 bits per heavy atom. The van der Waals surface area contributed by atoms with E-state index in [1.54, 1.807) is 0 Å². The molecule has 86 valence electrons. The van der Waals surface area contributed by atoms with Crippen molar-refractivity contribution in [1.82, 2.24) is 5.32 Å². The molecule has 0 heterocycles. The monoisotopic (exact) mass is 201 g/mol. The summed E-state index contributed by atoms with van der Waals surface area (Å²) in [6, 6.07) is 0.478. The molecule has 1 N–H and O–H groups in total. The van der Waals surface area contributed by atoms with Crippen LogP contribution in [0.25, 0.3) is 0 Å². The molecule has 1 fully saturated rings. The van der Waals surface area contributed by atoms with Crippen LogP contribution in [0.15, 0.2) is 0 Å². The summed E-state index contributed by atoms with van der Waals surface area (Å²) < 4.78 is 0. The van der Waals surface area contributed by atoms with Gasteiger partial charge in [-0.2, -0.15) is 0 Å². The molecule has 0 bridgehead atoms. The maximum Gasteiger partial charge on any atom is 0.223 e. The van der Waals surface area contributed by atoms with E-state index in [2.05, 4.69) is 12.2 Å². The average Bonchev–Trinajstić information content (AvgIpc) is 2.55. The van der Waals surface area contributed by atoms with E-state index in [9.17, 15) is 4.79 Å². The van der Waals surface area contributed by atoms with Crippen molar-refractivity contribution < 1.29 is 4.79 Å². The minimum atomic E-state index is 0. The molecule has 2 heteroatoms. The van der Waals surface area contributed by atoms with Crippen LogP contribution in [-0.4, -0.2) is 11.9 Å². The Labute approximate surface area is 89.5 Å². The molecule has 1 aliphatic rings. The van der Waals surface area contributed by atoms with Crippen molar-refractivity contribution in [1.29, 1.82) is 0 Å². The van der Waals surface area contributed by atoms with Crippen LogP contribution >= 0.6 is 0 Å². The third kappa shape index (κ3) is 4.64. The van der Waals surface area contributed by atoms with Gasteiger partial charge in [-0.1, -0.05) is 41.5 Å². The molecule has 1 saturated carbocycles. The molecule has 1 atom stereocenters. The predicted octanol–water partition coefficient (Wildman–Crippen LogP) is 3.36. The molecule has 14 heavy (non-hydrogen) atoms. The zero-order valence-corrected chi connectivity index (χ0v) is 8.10. The molecule has 0 aliphatic heterocycles. The molecule has 0 saturated heterocycles. The molecule has 1 rings (SSSR count). The Bertz CT molecular complexity index is 150. The van der Waals surface area contributed by atoms with Gasteiger partial charge < -0.3 is 5.32 Å². The van der Waals surface area contributed by atoms with E-state index in [-0.39, 0.29) is 26.7 Å². The standard InChI is InChI=1S/C10H19NO.2CH4/c1-3-8(2)10(12)11-9-6-4-5-7-9;;/h8-9H,3-7H2,1-2H3,(H,11,12);2*1H4. The lowest BCUT2D eigenvalue weighted by Crippen LogP contribution is -2.36. The predicted molar refractivity (Wildman–Crippen MR) is 63.3 cm³/mol. The van der Waals surface area contributed by atoms with Crippen LogP contribution in [0.1, 0.15) is 60.8 Å². The normalized spacial score (nSPS) is 17.9. The Hall–Kier alpha value is -0.530. The quantitative estimate of drug-likeness (QED) is 0.745. The third-order valence-electron chi connectivity index (χ3n) is 2.76. The van der Waals surface area contributed by atoms with Gasteiger partial charge in [0.25, 0.3) is 0 Å². The van der Waals surface area contributed by atoms with Gasteiger partial charge in [0.15, 0.2) is 0 Å². The third-order valence-corrected chi connectivity index (χ3v) is 2.76. The molecule has 1 unspecified atom stereocenters. The van der Waals surface area contributed by atoms with Crippen LogP contribution in [0.3, 0.4) is 0 Å². The highest BCUT2D eigenvalue weighted by Crippen LogP contribution is 2.18. The van der Waals surface area contributed by atoms with Crippen molar-refractivity contribution in [3.63, 3.8) is 0 Å². The molecule has 1 aliphatic carbocycles. The second kappa shape index (κ2) is 7.84. The minimum absolute atomic E-state index is 0. The summed E-state index contributed by atoms with van der Waals surface area (Å²) in [6.07, 6.45) is 5.87. The SMILES string of the molecule is C.C.CCC(C)C(=O)NC1CCCC1. The summed E-state index contributed by atoms with van der Waals surface area (Å²) in [4.78, 5) is 11.4. The van der Waals surface area contributed by atoms with Gasteiger partial charge in [0.2, 0.25) is 5.91 Å². The molecule has 0 aromatic carbocycles. The Morgan fingerprint density at radius 3 is 2.29 bits per heavy atom. The lowest BCUT2D eigenvalue weighted by atomic mass is 10.1. The van der Waals surface area contributed by atoms with Crippen molar-refractivity contribution in [2.24, 2.45) is 5.92 Å². The van der Waals surface area contributed by atoms with Gasteiger partial charge in [-0.25, -0.2) is 0 Å². The van der Waals surface area contributed by atoms with Crippen molar-refractivity contribution in [3.05, 3.63) is 0 Å². The van der Waals surface area contributed by atoms with Crippen molar-refractivity contribution in [3.8, 4) is 0 Å². The van der Waals surface area contributed by atoms with Gasteiger partial charge in [0.1, 0.15) is 0 Å². The van der Waals surface area contributed by atoms with E-state index in [1.807, 2.05) is 6.92 Å². The van der Waals surface area contributed by atoms with Gasteiger partial charge in [-0.15, -0.1) is 0 Å². The number of carbonyl (C=O) groups excluding carboxylic acids is 1. The maximum atomic E-state index is 11.4. The summed E-state index contributed by atoms with van der Waals surface area (Å²) in [5.41, 5.74) is 0. The van der Waals surface area contributed by atoms with Crippen LogP contribution in [0, 0.1) is 5.92 Å². The molecule has 0 aromatic rings. The number of carbonyl (C=O) groups is 1.